The molecular formula is C25H23ClN2O4S. The largest absolute Gasteiger partial charge is 0.494 e. The minimum absolute atomic E-state index is 0.215. The Balaban J connectivity index is 1.90. The molecule has 33 heavy (non-hydrogen) atoms. The first kappa shape index (κ1) is 23.0. The van der Waals surface area contributed by atoms with Gasteiger partial charge in [0.25, 0.3) is 5.56 Å². The van der Waals surface area contributed by atoms with Gasteiger partial charge in [-0.2, -0.15) is 0 Å². The highest BCUT2D eigenvalue weighted by Gasteiger charge is 2.34. The van der Waals surface area contributed by atoms with Crippen LogP contribution in [0.1, 0.15) is 37.9 Å². The molecule has 8 heteroatoms. The Bertz CT molecular complexity index is 1400. The fourth-order valence-electron chi connectivity index (χ4n) is 3.76. The maximum absolute atomic E-state index is 13.6. The molecule has 1 aromatic heterocycles. The molecule has 0 amide bonds. The number of fused-ring (bicyclic) bond motifs is 1. The van der Waals surface area contributed by atoms with Crippen LogP contribution >= 0.6 is 22.9 Å². The van der Waals surface area contributed by atoms with Crippen molar-refractivity contribution in [3.05, 3.63) is 95.6 Å². The molecule has 6 nitrogen and oxygen atoms in total. The Morgan fingerprint density at radius 2 is 1.88 bits per heavy atom. The van der Waals surface area contributed by atoms with Crippen molar-refractivity contribution in [2.45, 2.75) is 26.8 Å². The average molecular weight is 483 g/mol. The number of ether oxygens (including phenoxy) is 2. The van der Waals surface area contributed by atoms with E-state index in [0.717, 1.165) is 11.3 Å². The molecule has 0 unspecified atom stereocenters. The summed E-state index contributed by atoms with van der Waals surface area (Å²) in [5, 5.41) is 0.458. The first-order valence-corrected chi connectivity index (χ1v) is 11.8. The summed E-state index contributed by atoms with van der Waals surface area (Å²) >= 11 is 7.79. The van der Waals surface area contributed by atoms with E-state index in [1.54, 1.807) is 19.9 Å². The van der Waals surface area contributed by atoms with Crippen molar-refractivity contribution in [3.8, 4) is 5.75 Å². The van der Waals surface area contributed by atoms with E-state index in [0.29, 0.717) is 37.8 Å². The Morgan fingerprint density at radius 1 is 1.15 bits per heavy atom. The molecule has 1 aliphatic heterocycles. The first-order valence-electron chi connectivity index (χ1n) is 10.6. The van der Waals surface area contributed by atoms with Gasteiger partial charge in [-0.25, -0.2) is 9.79 Å². The van der Waals surface area contributed by atoms with Gasteiger partial charge in [-0.05, 0) is 56.2 Å². The van der Waals surface area contributed by atoms with Crippen LogP contribution < -0.4 is 19.6 Å². The number of thiazole rings is 1. The van der Waals surface area contributed by atoms with Crippen molar-refractivity contribution in [3.63, 3.8) is 0 Å². The fraction of sp³-hybridized carbons (Fsp3) is 0.240. The molecule has 0 aliphatic carbocycles. The SMILES string of the molecule is CCOC(=O)C1=C(C)N=c2s/c(=C\c3ccc(OCC)cc3)c(=O)n2[C@H]1c1ccccc1Cl. The van der Waals surface area contributed by atoms with Gasteiger partial charge in [-0.15, -0.1) is 0 Å². The molecule has 1 aliphatic rings. The van der Waals surface area contributed by atoms with Crippen LogP contribution in [0, 0.1) is 0 Å². The fourth-order valence-corrected chi connectivity index (χ4v) is 5.05. The van der Waals surface area contributed by atoms with Crippen molar-refractivity contribution >= 4 is 35.0 Å². The number of allylic oxidation sites excluding steroid dienone is 1. The minimum atomic E-state index is -0.725. The first-order chi connectivity index (χ1) is 15.9. The summed E-state index contributed by atoms with van der Waals surface area (Å²) in [7, 11) is 0. The molecule has 0 saturated heterocycles. The number of hydrogen-bond donors (Lipinski definition) is 0. The number of hydrogen-bond acceptors (Lipinski definition) is 6. The second kappa shape index (κ2) is 9.77. The summed E-state index contributed by atoms with van der Waals surface area (Å²) in [6.07, 6.45) is 1.81. The highest BCUT2D eigenvalue weighted by Crippen LogP contribution is 2.34. The lowest BCUT2D eigenvalue weighted by molar-refractivity contribution is -0.139. The van der Waals surface area contributed by atoms with Gasteiger partial charge >= 0.3 is 5.97 Å². The van der Waals surface area contributed by atoms with Gasteiger partial charge in [0.1, 0.15) is 11.8 Å². The number of aromatic nitrogens is 1. The molecule has 0 spiro atoms. The van der Waals surface area contributed by atoms with Crippen molar-refractivity contribution in [2.75, 3.05) is 13.2 Å². The van der Waals surface area contributed by atoms with Gasteiger partial charge < -0.3 is 9.47 Å². The van der Waals surface area contributed by atoms with E-state index in [4.69, 9.17) is 21.1 Å². The molecule has 4 rings (SSSR count). The number of esters is 1. The van der Waals surface area contributed by atoms with E-state index >= 15 is 0 Å². The molecule has 1 atom stereocenters. The smallest absolute Gasteiger partial charge is 0.338 e. The summed E-state index contributed by atoms with van der Waals surface area (Å²) in [5.41, 5.74) is 2.08. The lowest BCUT2D eigenvalue weighted by atomic mass is 9.96. The Labute approximate surface area is 200 Å². The van der Waals surface area contributed by atoms with Crippen molar-refractivity contribution < 1.29 is 14.3 Å². The monoisotopic (exact) mass is 482 g/mol. The molecule has 170 valence electrons. The van der Waals surface area contributed by atoms with Gasteiger partial charge in [-0.3, -0.25) is 9.36 Å². The van der Waals surface area contributed by atoms with Crippen molar-refractivity contribution in [1.29, 1.82) is 0 Å². The van der Waals surface area contributed by atoms with Crippen molar-refractivity contribution in [2.24, 2.45) is 4.99 Å². The molecule has 0 saturated carbocycles. The zero-order valence-corrected chi connectivity index (χ0v) is 20.1. The number of nitrogens with zero attached hydrogens (tertiary/aromatic N) is 2. The van der Waals surface area contributed by atoms with Crippen LogP contribution in [0.3, 0.4) is 0 Å². The predicted molar refractivity (Wildman–Crippen MR) is 129 cm³/mol. The van der Waals surface area contributed by atoms with Crippen LogP contribution in [0.15, 0.2) is 69.6 Å². The van der Waals surface area contributed by atoms with E-state index < -0.39 is 12.0 Å². The Kier molecular flexibility index (Phi) is 6.81. The predicted octanol–water partition coefficient (Wildman–Crippen LogP) is 3.85. The molecule has 0 N–H and O–H groups in total. The molecule has 0 fully saturated rings. The molecule has 3 aromatic rings. The second-order valence-electron chi connectivity index (χ2n) is 7.33. The second-order valence-corrected chi connectivity index (χ2v) is 8.74. The summed E-state index contributed by atoms with van der Waals surface area (Å²) in [5.74, 6) is 0.258. The third-order valence-electron chi connectivity index (χ3n) is 5.21. The lowest BCUT2D eigenvalue weighted by Crippen LogP contribution is -2.40. The minimum Gasteiger partial charge on any atom is -0.494 e. The molecule has 0 radical (unpaired) electrons. The number of carbonyl (C=O) groups is 1. The summed E-state index contributed by atoms with van der Waals surface area (Å²) in [6.45, 7) is 6.22. The van der Waals surface area contributed by atoms with E-state index in [1.807, 2.05) is 55.5 Å². The van der Waals surface area contributed by atoms with Crippen molar-refractivity contribution in [1.82, 2.24) is 4.57 Å². The van der Waals surface area contributed by atoms with E-state index in [-0.39, 0.29) is 12.2 Å². The van der Waals surface area contributed by atoms with Gasteiger partial charge in [0.05, 0.1) is 29.0 Å². The maximum atomic E-state index is 13.6. The lowest BCUT2D eigenvalue weighted by Gasteiger charge is -2.25. The van der Waals surface area contributed by atoms with Gasteiger partial charge in [-0.1, -0.05) is 53.3 Å². The van der Waals surface area contributed by atoms with Gasteiger partial charge in [0.15, 0.2) is 4.80 Å². The number of benzene rings is 2. The normalized spacial score (nSPS) is 15.8. The molecule has 2 heterocycles. The molecular weight excluding hydrogens is 460 g/mol. The summed E-state index contributed by atoms with van der Waals surface area (Å²) < 4.78 is 12.8. The van der Waals surface area contributed by atoms with Crippen LogP contribution in [0.2, 0.25) is 5.02 Å². The average Bonchev–Trinajstić information content (AvgIpc) is 3.09. The summed E-state index contributed by atoms with van der Waals surface area (Å²) in [6, 6.07) is 14.0. The number of halogens is 1. The van der Waals surface area contributed by atoms with E-state index in [1.165, 1.54) is 15.9 Å². The highest BCUT2D eigenvalue weighted by molar-refractivity contribution is 7.07. The summed E-state index contributed by atoms with van der Waals surface area (Å²) in [4.78, 5) is 31.5. The molecule has 0 bridgehead atoms. The van der Waals surface area contributed by atoms with Crippen LogP contribution in [0.25, 0.3) is 6.08 Å². The standard InChI is InChI=1S/C25H23ClN2O4S/c1-4-31-17-12-10-16(11-13-17)14-20-23(29)28-22(18-8-6-7-9-19(18)26)21(24(30)32-5-2)15(3)27-25(28)33-20/h6-14,22H,4-5H2,1-3H3/b20-14-/t22-/m0/s1. The van der Waals surface area contributed by atoms with E-state index in [2.05, 4.69) is 4.99 Å². The number of rotatable bonds is 6. The zero-order valence-electron chi connectivity index (χ0n) is 18.5. The quantitative estimate of drug-likeness (QED) is 0.500. The Hall–Kier alpha value is -3.16. The third kappa shape index (κ3) is 4.51. The number of carbonyl (C=O) groups excluding carboxylic acids is 1. The van der Waals surface area contributed by atoms with Gasteiger partial charge in [0.2, 0.25) is 0 Å². The van der Waals surface area contributed by atoms with Crippen LogP contribution in [-0.4, -0.2) is 23.8 Å². The van der Waals surface area contributed by atoms with Crippen LogP contribution in [0.4, 0.5) is 0 Å². The maximum Gasteiger partial charge on any atom is 0.338 e. The highest BCUT2D eigenvalue weighted by atomic mass is 35.5. The topological polar surface area (TPSA) is 69.9 Å². The molecule has 2 aromatic carbocycles. The zero-order chi connectivity index (χ0) is 23.5. The van der Waals surface area contributed by atoms with E-state index in [9.17, 15) is 9.59 Å². The third-order valence-corrected chi connectivity index (χ3v) is 6.53. The van der Waals surface area contributed by atoms with Crippen LogP contribution in [0.5, 0.6) is 5.75 Å². The Morgan fingerprint density at radius 3 is 2.55 bits per heavy atom. The van der Waals surface area contributed by atoms with Crippen LogP contribution in [-0.2, 0) is 9.53 Å². The van der Waals surface area contributed by atoms with Gasteiger partial charge in [0, 0.05) is 5.02 Å².